The zero-order chi connectivity index (χ0) is 18.0. The Balaban J connectivity index is 2.47. The fourth-order valence-electron chi connectivity index (χ4n) is 2.45. The molecule has 1 aromatic rings. The molecular formula is C20H32O4. The minimum absolute atomic E-state index is 0.00852. The Hall–Kier alpha value is -1.39. The van der Waals surface area contributed by atoms with Gasteiger partial charge in [-0.15, -0.1) is 0 Å². The third-order valence-electron chi connectivity index (χ3n) is 3.57. The molecule has 0 radical (unpaired) electrons. The van der Waals surface area contributed by atoms with Gasteiger partial charge in [0.25, 0.3) is 0 Å². The summed E-state index contributed by atoms with van der Waals surface area (Å²) in [5.41, 5.74) is 0.586. The van der Waals surface area contributed by atoms with Gasteiger partial charge < -0.3 is 14.6 Å². The average Bonchev–Trinajstić information content (AvgIpc) is 2.49. The summed E-state index contributed by atoms with van der Waals surface area (Å²) in [6, 6.07) is 9.98. The van der Waals surface area contributed by atoms with Crippen LogP contribution in [0, 0.1) is 0 Å². The van der Waals surface area contributed by atoms with Gasteiger partial charge in [-0.05, 0) is 32.8 Å². The van der Waals surface area contributed by atoms with E-state index in [1.807, 2.05) is 51.1 Å². The Morgan fingerprint density at radius 1 is 1.21 bits per heavy atom. The molecule has 1 N–H and O–H groups in total. The van der Waals surface area contributed by atoms with Crippen molar-refractivity contribution in [3.63, 3.8) is 0 Å². The molecule has 2 atom stereocenters. The van der Waals surface area contributed by atoms with E-state index in [4.69, 9.17) is 9.47 Å². The van der Waals surface area contributed by atoms with Gasteiger partial charge in [-0.1, -0.05) is 50.1 Å². The molecular weight excluding hydrogens is 304 g/mol. The van der Waals surface area contributed by atoms with Gasteiger partial charge in [-0.3, -0.25) is 4.79 Å². The first-order valence-electron chi connectivity index (χ1n) is 8.85. The molecule has 4 nitrogen and oxygen atoms in total. The molecule has 1 rings (SSSR count). The molecule has 0 aliphatic carbocycles. The van der Waals surface area contributed by atoms with Crippen molar-refractivity contribution in [3.05, 3.63) is 35.9 Å². The molecule has 0 bridgehead atoms. The number of aliphatic hydroxyl groups excluding tert-OH is 1. The van der Waals surface area contributed by atoms with Crippen LogP contribution >= 0.6 is 0 Å². The molecule has 0 saturated heterocycles. The van der Waals surface area contributed by atoms with Crippen LogP contribution in [0.4, 0.5) is 0 Å². The zero-order valence-corrected chi connectivity index (χ0v) is 15.5. The zero-order valence-electron chi connectivity index (χ0n) is 15.5. The maximum Gasteiger partial charge on any atom is 0.308 e. The molecule has 0 amide bonds. The summed E-state index contributed by atoms with van der Waals surface area (Å²) in [5, 5.41) is 10.2. The number of rotatable bonds is 10. The molecule has 0 heterocycles. The lowest BCUT2D eigenvalue weighted by atomic mass is 10.0. The fraction of sp³-hybridized carbons (Fsp3) is 0.650. The van der Waals surface area contributed by atoms with Crippen molar-refractivity contribution in [3.8, 4) is 0 Å². The highest BCUT2D eigenvalue weighted by Gasteiger charge is 2.22. The average molecular weight is 336 g/mol. The van der Waals surface area contributed by atoms with Crippen LogP contribution in [-0.2, 0) is 20.9 Å². The molecule has 0 aliphatic rings. The van der Waals surface area contributed by atoms with E-state index in [2.05, 4.69) is 6.92 Å². The quantitative estimate of drug-likeness (QED) is 0.649. The number of hydrogen-bond donors (Lipinski definition) is 1. The summed E-state index contributed by atoms with van der Waals surface area (Å²) in [5.74, 6) is -0.368. The summed E-state index contributed by atoms with van der Waals surface area (Å²) in [6.07, 6.45) is 2.67. The summed E-state index contributed by atoms with van der Waals surface area (Å²) in [4.78, 5) is 11.8. The van der Waals surface area contributed by atoms with Crippen LogP contribution in [0.1, 0.15) is 65.4 Å². The van der Waals surface area contributed by atoms with E-state index >= 15 is 0 Å². The Kier molecular flexibility index (Phi) is 9.01. The van der Waals surface area contributed by atoms with E-state index in [9.17, 15) is 9.90 Å². The van der Waals surface area contributed by atoms with Crippen LogP contribution in [0.25, 0.3) is 0 Å². The molecule has 0 saturated carbocycles. The monoisotopic (exact) mass is 336 g/mol. The highest BCUT2D eigenvalue weighted by Crippen LogP contribution is 2.17. The van der Waals surface area contributed by atoms with E-state index < -0.39 is 11.7 Å². The normalized spacial score (nSPS) is 14.2. The third-order valence-corrected chi connectivity index (χ3v) is 3.57. The first kappa shape index (κ1) is 20.7. The van der Waals surface area contributed by atoms with Gasteiger partial charge in [-0.25, -0.2) is 0 Å². The summed E-state index contributed by atoms with van der Waals surface area (Å²) >= 11 is 0. The van der Waals surface area contributed by atoms with Gasteiger partial charge in [0, 0.05) is 6.42 Å². The fourth-order valence-corrected chi connectivity index (χ4v) is 2.45. The number of carbonyl (C=O) groups excluding carboxylic acids is 1. The minimum atomic E-state index is -0.738. The molecule has 24 heavy (non-hydrogen) atoms. The van der Waals surface area contributed by atoms with Crippen LogP contribution in [0.2, 0.25) is 0 Å². The highest BCUT2D eigenvalue weighted by atomic mass is 16.6. The van der Waals surface area contributed by atoms with Gasteiger partial charge in [0.1, 0.15) is 5.60 Å². The van der Waals surface area contributed by atoms with Crippen molar-refractivity contribution >= 4 is 5.97 Å². The lowest BCUT2D eigenvalue weighted by Gasteiger charge is -2.23. The largest absolute Gasteiger partial charge is 0.460 e. The van der Waals surface area contributed by atoms with Crippen molar-refractivity contribution < 1.29 is 19.4 Å². The molecule has 4 heteroatoms. The SMILES string of the molecule is CCCC[C@@H](C[C@H](O)CC(=O)OC(C)(C)C)OCc1ccccc1. The lowest BCUT2D eigenvalue weighted by Crippen LogP contribution is -2.28. The van der Waals surface area contributed by atoms with Gasteiger partial charge in [0.2, 0.25) is 0 Å². The van der Waals surface area contributed by atoms with Gasteiger partial charge in [0.05, 0.1) is 25.2 Å². The minimum Gasteiger partial charge on any atom is -0.460 e. The van der Waals surface area contributed by atoms with E-state index in [0.29, 0.717) is 13.0 Å². The standard InChI is InChI=1S/C20H32O4/c1-5-6-12-18(23-15-16-10-8-7-9-11-16)13-17(21)14-19(22)24-20(2,3)4/h7-11,17-18,21H,5-6,12-15H2,1-4H3/t17-,18-/m0/s1. The van der Waals surface area contributed by atoms with Crippen LogP contribution < -0.4 is 0 Å². The topological polar surface area (TPSA) is 55.8 Å². The van der Waals surface area contributed by atoms with Crippen molar-refractivity contribution in [1.29, 1.82) is 0 Å². The Labute approximate surface area is 146 Å². The van der Waals surface area contributed by atoms with E-state index in [1.54, 1.807) is 0 Å². The van der Waals surface area contributed by atoms with Crippen LogP contribution in [0.5, 0.6) is 0 Å². The molecule has 0 unspecified atom stereocenters. The number of carbonyl (C=O) groups is 1. The van der Waals surface area contributed by atoms with Crippen LogP contribution in [0.3, 0.4) is 0 Å². The smallest absolute Gasteiger partial charge is 0.308 e. The first-order valence-corrected chi connectivity index (χ1v) is 8.85. The van der Waals surface area contributed by atoms with Crippen LogP contribution in [-0.4, -0.2) is 28.9 Å². The van der Waals surface area contributed by atoms with Gasteiger partial charge in [-0.2, -0.15) is 0 Å². The Morgan fingerprint density at radius 3 is 2.46 bits per heavy atom. The third kappa shape index (κ3) is 9.68. The number of benzene rings is 1. The molecule has 1 aromatic carbocycles. The second-order valence-electron chi connectivity index (χ2n) is 7.24. The second kappa shape index (κ2) is 10.5. The maximum absolute atomic E-state index is 11.8. The highest BCUT2D eigenvalue weighted by molar-refractivity contribution is 5.70. The maximum atomic E-state index is 11.8. The predicted octanol–water partition coefficient (Wildman–Crippen LogP) is 4.24. The molecule has 0 aromatic heterocycles. The first-order chi connectivity index (χ1) is 11.3. The Morgan fingerprint density at radius 2 is 1.88 bits per heavy atom. The number of aliphatic hydroxyl groups is 1. The van der Waals surface area contributed by atoms with E-state index in [1.165, 1.54) is 0 Å². The number of ether oxygens (including phenoxy) is 2. The van der Waals surface area contributed by atoms with E-state index in [0.717, 1.165) is 24.8 Å². The number of hydrogen-bond acceptors (Lipinski definition) is 4. The lowest BCUT2D eigenvalue weighted by molar-refractivity contribution is -0.157. The Bertz CT molecular complexity index is 464. The second-order valence-corrected chi connectivity index (χ2v) is 7.24. The van der Waals surface area contributed by atoms with E-state index in [-0.39, 0.29) is 18.5 Å². The van der Waals surface area contributed by atoms with Gasteiger partial charge >= 0.3 is 5.97 Å². The molecule has 0 spiro atoms. The van der Waals surface area contributed by atoms with Gasteiger partial charge in [0.15, 0.2) is 0 Å². The summed E-state index contributed by atoms with van der Waals surface area (Å²) < 4.78 is 11.2. The predicted molar refractivity (Wildman–Crippen MR) is 95.6 cm³/mol. The van der Waals surface area contributed by atoms with Crippen molar-refractivity contribution in [2.24, 2.45) is 0 Å². The van der Waals surface area contributed by atoms with Crippen LogP contribution in [0.15, 0.2) is 30.3 Å². The molecule has 0 fully saturated rings. The number of esters is 1. The number of unbranched alkanes of at least 4 members (excludes halogenated alkanes) is 1. The molecule has 136 valence electrons. The molecule has 0 aliphatic heterocycles. The van der Waals surface area contributed by atoms with Crippen molar-refractivity contribution in [2.45, 2.75) is 84.2 Å². The summed E-state index contributed by atoms with van der Waals surface area (Å²) in [7, 11) is 0. The summed E-state index contributed by atoms with van der Waals surface area (Å²) in [6.45, 7) is 8.12. The van der Waals surface area contributed by atoms with Crippen molar-refractivity contribution in [1.82, 2.24) is 0 Å². The van der Waals surface area contributed by atoms with Crippen molar-refractivity contribution in [2.75, 3.05) is 0 Å².